The van der Waals surface area contributed by atoms with E-state index >= 15 is 0 Å². The van der Waals surface area contributed by atoms with Crippen LogP contribution in [0.4, 0.5) is 57.1 Å². The van der Waals surface area contributed by atoms with E-state index in [9.17, 15) is 66.7 Å². The Labute approximate surface area is 173 Å². The highest BCUT2D eigenvalue weighted by Gasteiger charge is 2.91. The Kier molecular flexibility index (Phi) is 5.89. The summed E-state index contributed by atoms with van der Waals surface area (Å²) in [5, 5.41) is 0. The fourth-order valence-corrected chi connectivity index (χ4v) is 2.76. The Hall–Kier alpha value is -2.81. The van der Waals surface area contributed by atoms with Crippen molar-refractivity contribution in [3.8, 4) is 0 Å². The predicted molar refractivity (Wildman–Crippen MR) is 79.9 cm³/mol. The number of halogens is 13. The lowest BCUT2D eigenvalue weighted by atomic mass is 9.81. The van der Waals surface area contributed by atoms with E-state index in [0.717, 1.165) is 18.2 Å². The summed E-state index contributed by atoms with van der Waals surface area (Å²) in [6.45, 7) is 0. The van der Waals surface area contributed by atoms with Crippen molar-refractivity contribution in [2.45, 2.75) is 35.8 Å². The molecule has 1 aliphatic carbocycles. The van der Waals surface area contributed by atoms with Gasteiger partial charge in [-0.05, 0) is 0 Å². The summed E-state index contributed by atoms with van der Waals surface area (Å²) in [6.07, 6.45) is -7.57. The molecule has 0 N–H and O–H groups in total. The molecule has 1 aromatic carbocycles. The maximum absolute atomic E-state index is 14.6. The van der Waals surface area contributed by atoms with E-state index in [0.29, 0.717) is 13.2 Å². The van der Waals surface area contributed by atoms with Gasteiger partial charge in [0.2, 0.25) is 5.78 Å². The van der Waals surface area contributed by atoms with E-state index in [1.807, 2.05) is 0 Å². The number of hydrogen-bond acceptors (Lipinski definition) is 3. The molecule has 33 heavy (non-hydrogen) atoms. The first kappa shape index (κ1) is 26.4. The second-order valence-electron chi connectivity index (χ2n) is 6.48. The number of methoxy groups -OCH3 is 1. The van der Waals surface area contributed by atoms with Crippen molar-refractivity contribution < 1.29 is 71.4 Å². The zero-order valence-corrected chi connectivity index (χ0v) is 15.4. The van der Waals surface area contributed by atoms with Crippen LogP contribution in [0.3, 0.4) is 0 Å². The van der Waals surface area contributed by atoms with Crippen LogP contribution in [0, 0.1) is 0 Å². The molecule has 3 nitrogen and oxygen atoms in total. The molecule has 0 unspecified atom stereocenters. The molecule has 0 amide bonds. The molecule has 0 fully saturated rings. The Balaban J connectivity index is 2.78. The van der Waals surface area contributed by atoms with Crippen LogP contribution in [-0.2, 0) is 4.74 Å². The largest absolute Gasteiger partial charge is 0.492 e. The Morgan fingerprint density at radius 2 is 1.00 bits per heavy atom. The van der Waals surface area contributed by atoms with Crippen molar-refractivity contribution >= 4 is 11.6 Å². The highest BCUT2D eigenvalue weighted by atomic mass is 19.4. The summed E-state index contributed by atoms with van der Waals surface area (Å²) < 4.78 is 178. The van der Waals surface area contributed by atoms with E-state index in [1.165, 1.54) is 0 Å². The van der Waals surface area contributed by atoms with Crippen molar-refractivity contribution in [2.24, 2.45) is 0 Å². The lowest BCUT2D eigenvalue weighted by Gasteiger charge is -2.40. The van der Waals surface area contributed by atoms with Crippen molar-refractivity contribution in [2.75, 3.05) is 7.11 Å². The van der Waals surface area contributed by atoms with Crippen LogP contribution in [0.25, 0.3) is 0 Å². The number of fused-ring (bicyclic) bond motifs is 1. The molecule has 1 aliphatic rings. The number of ether oxygens (including phenoxy) is 1. The van der Waals surface area contributed by atoms with Gasteiger partial charge in [-0.3, -0.25) is 9.59 Å². The molecular formula is C17H7F13O3. The summed E-state index contributed by atoms with van der Waals surface area (Å²) in [4.78, 5) is 24.5. The van der Waals surface area contributed by atoms with E-state index in [-0.39, 0.29) is 0 Å². The van der Waals surface area contributed by atoms with Gasteiger partial charge >= 0.3 is 35.8 Å². The topological polar surface area (TPSA) is 43.4 Å². The van der Waals surface area contributed by atoms with Crippen LogP contribution < -0.4 is 0 Å². The number of carbonyl (C=O) groups excluding carboxylic acids is 2. The molecule has 0 aliphatic heterocycles. The highest BCUT2D eigenvalue weighted by Crippen LogP contribution is 2.61. The molecule has 0 spiro atoms. The number of alkyl halides is 13. The average molecular weight is 506 g/mol. The van der Waals surface area contributed by atoms with Crippen LogP contribution in [0.1, 0.15) is 20.7 Å². The minimum Gasteiger partial charge on any atom is -0.492 e. The van der Waals surface area contributed by atoms with Crippen LogP contribution in [0.15, 0.2) is 35.6 Å². The van der Waals surface area contributed by atoms with Crippen LogP contribution in [-0.4, -0.2) is 54.5 Å². The molecule has 0 radical (unpaired) electrons. The van der Waals surface area contributed by atoms with Crippen molar-refractivity contribution in [1.82, 2.24) is 0 Å². The summed E-state index contributed by atoms with van der Waals surface area (Å²) in [7, 11) is 0.313. The van der Waals surface area contributed by atoms with Gasteiger partial charge in [-0.2, -0.15) is 57.1 Å². The first-order chi connectivity index (χ1) is 14.6. The fraction of sp³-hybridized carbons (Fsp3) is 0.412. The summed E-state index contributed by atoms with van der Waals surface area (Å²) in [5.41, 5.74) is -4.81. The average Bonchev–Trinajstić information content (AvgIpc) is 2.68. The normalized spacial score (nSPS) is 16.8. The monoisotopic (exact) mass is 506 g/mol. The first-order valence-corrected chi connectivity index (χ1v) is 8.05. The predicted octanol–water partition coefficient (Wildman–Crippen LogP) is 5.70. The molecular weight excluding hydrogens is 499 g/mol. The minimum absolute atomic E-state index is 0.313. The van der Waals surface area contributed by atoms with Gasteiger partial charge < -0.3 is 4.74 Å². The SMILES string of the molecule is COC1=C(C(F)(F)C(F)(F)C(F)(F)C(F)(F)C(F)(F)C(F)(F)F)C(=O)c2ccccc2C1=O. The van der Waals surface area contributed by atoms with Gasteiger partial charge in [0.25, 0.3) is 0 Å². The van der Waals surface area contributed by atoms with E-state index in [2.05, 4.69) is 4.74 Å². The molecule has 2 rings (SSSR count). The van der Waals surface area contributed by atoms with Crippen molar-refractivity contribution in [3.05, 3.63) is 46.7 Å². The number of ketones is 2. The van der Waals surface area contributed by atoms with E-state index < -0.39 is 69.8 Å². The number of carbonyl (C=O) groups is 2. The Morgan fingerprint density at radius 1 is 0.606 bits per heavy atom. The molecule has 184 valence electrons. The van der Waals surface area contributed by atoms with Crippen molar-refractivity contribution in [3.63, 3.8) is 0 Å². The third-order valence-corrected chi connectivity index (χ3v) is 4.53. The molecule has 1 aromatic rings. The second-order valence-corrected chi connectivity index (χ2v) is 6.48. The van der Waals surface area contributed by atoms with Gasteiger partial charge in [-0.15, -0.1) is 0 Å². The number of rotatable bonds is 6. The van der Waals surface area contributed by atoms with Gasteiger partial charge in [0.05, 0.1) is 7.11 Å². The summed E-state index contributed by atoms with van der Waals surface area (Å²) in [6, 6.07) is 3.29. The quantitative estimate of drug-likeness (QED) is 0.465. The maximum Gasteiger partial charge on any atom is 0.460 e. The third kappa shape index (κ3) is 3.27. The second kappa shape index (κ2) is 7.35. The zero-order chi connectivity index (χ0) is 26.0. The van der Waals surface area contributed by atoms with Crippen molar-refractivity contribution in [1.29, 1.82) is 0 Å². The van der Waals surface area contributed by atoms with E-state index in [1.54, 1.807) is 0 Å². The summed E-state index contributed by atoms with van der Waals surface area (Å²) >= 11 is 0. The Morgan fingerprint density at radius 3 is 1.39 bits per heavy atom. The molecule has 0 aromatic heterocycles. The smallest absolute Gasteiger partial charge is 0.460 e. The van der Waals surface area contributed by atoms with Crippen LogP contribution in [0.2, 0.25) is 0 Å². The Bertz CT molecular complexity index is 1020. The standard InChI is InChI=1S/C17H7F13O3/c1-33-11-8(9(31)6-4-2-3-5-7(6)10(11)32)12(18,19)13(20,21)14(22,23)15(24,25)16(26,27)17(28,29)30/h2-5H,1H3. The van der Waals surface area contributed by atoms with Gasteiger partial charge in [0.15, 0.2) is 11.5 Å². The van der Waals surface area contributed by atoms with Gasteiger partial charge in [0, 0.05) is 11.1 Å². The highest BCUT2D eigenvalue weighted by molar-refractivity contribution is 6.26. The molecule has 0 saturated carbocycles. The van der Waals surface area contributed by atoms with Gasteiger partial charge in [-0.1, -0.05) is 24.3 Å². The maximum atomic E-state index is 14.6. The fourth-order valence-electron chi connectivity index (χ4n) is 2.76. The zero-order valence-electron chi connectivity index (χ0n) is 15.4. The lowest BCUT2D eigenvalue weighted by Crippen LogP contribution is -2.70. The number of allylic oxidation sites excluding steroid dienone is 2. The number of hydrogen-bond donors (Lipinski definition) is 0. The minimum atomic E-state index is -8.14. The number of Topliss-reactive ketones (excluding diaryl/α,β-unsaturated/α-hetero) is 2. The molecule has 0 heterocycles. The van der Waals surface area contributed by atoms with Crippen LogP contribution >= 0.6 is 0 Å². The van der Waals surface area contributed by atoms with E-state index in [4.69, 9.17) is 0 Å². The summed E-state index contributed by atoms with van der Waals surface area (Å²) in [5.74, 6) is -45.0. The molecule has 16 heteroatoms. The third-order valence-electron chi connectivity index (χ3n) is 4.53. The van der Waals surface area contributed by atoms with Gasteiger partial charge in [-0.25, -0.2) is 0 Å². The molecule has 0 saturated heterocycles. The van der Waals surface area contributed by atoms with Crippen LogP contribution in [0.5, 0.6) is 0 Å². The lowest BCUT2D eigenvalue weighted by molar-refractivity contribution is -0.436. The first-order valence-electron chi connectivity index (χ1n) is 8.05. The molecule has 0 atom stereocenters. The van der Waals surface area contributed by atoms with Gasteiger partial charge in [0.1, 0.15) is 5.57 Å². The molecule has 0 bridgehead atoms. The number of benzene rings is 1.